The molecule has 0 saturated heterocycles. The Kier molecular flexibility index (Phi) is 5.03. The first-order valence-corrected chi connectivity index (χ1v) is 10.5. The van der Waals surface area contributed by atoms with Crippen LogP contribution in [0.2, 0.25) is 0 Å². The molecule has 0 radical (unpaired) electrons. The molecular weight excluding hydrogens is 357 g/mol. The summed E-state index contributed by atoms with van der Waals surface area (Å²) in [5.41, 5.74) is 1.03. The highest BCUT2D eigenvalue weighted by Gasteiger charge is 2.40. The van der Waals surface area contributed by atoms with Crippen LogP contribution in [0.1, 0.15) is 37.7 Å². The van der Waals surface area contributed by atoms with Gasteiger partial charge in [-0.25, -0.2) is 4.39 Å². The van der Waals surface area contributed by atoms with Gasteiger partial charge in [0, 0.05) is 12.2 Å². The third-order valence-corrected chi connectivity index (χ3v) is 7.30. The Morgan fingerprint density at radius 3 is 2.80 bits per heavy atom. The van der Waals surface area contributed by atoms with E-state index in [9.17, 15) is 9.18 Å². The molecule has 2 fully saturated rings. The molecule has 1 N–H and O–H groups in total. The number of hydrogen-bond donors (Lipinski definition) is 1. The van der Waals surface area contributed by atoms with Gasteiger partial charge in [-0.2, -0.15) is 0 Å². The number of halogens is 1. The van der Waals surface area contributed by atoms with Crippen LogP contribution in [0.15, 0.2) is 28.6 Å². The van der Waals surface area contributed by atoms with E-state index in [4.69, 9.17) is 0 Å². The second-order valence-electron chi connectivity index (χ2n) is 6.98. The molecule has 25 heavy (non-hydrogen) atoms. The van der Waals surface area contributed by atoms with Crippen molar-refractivity contribution in [3.63, 3.8) is 0 Å². The van der Waals surface area contributed by atoms with Gasteiger partial charge in [-0.05, 0) is 54.7 Å². The largest absolute Gasteiger partial charge is 0.300 e. The van der Waals surface area contributed by atoms with E-state index in [0.29, 0.717) is 23.2 Å². The maximum absolute atomic E-state index is 12.9. The summed E-state index contributed by atoms with van der Waals surface area (Å²) in [4.78, 5) is 12.3. The number of nitrogens with zero attached hydrogens (tertiary/aromatic N) is 2. The van der Waals surface area contributed by atoms with Crippen LogP contribution in [0.4, 0.5) is 9.52 Å². The Bertz CT molecular complexity index is 749. The molecular formula is C18H20FN3OS2. The van der Waals surface area contributed by atoms with Gasteiger partial charge >= 0.3 is 0 Å². The van der Waals surface area contributed by atoms with Gasteiger partial charge in [0.05, 0.1) is 0 Å². The Labute approximate surface area is 154 Å². The van der Waals surface area contributed by atoms with Gasteiger partial charge in [0.1, 0.15) is 5.82 Å². The molecule has 1 aromatic carbocycles. The van der Waals surface area contributed by atoms with Crippen molar-refractivity contribution in [1.29, 1.82) is 0 Å². The van der Waals surface area contributed by atoms with Gasteiger partial charge in [0.25, 0.3) is 0 Å². The van der Waals surface area contributed by atoms with E-state index >= 15 is 0 Å². The third-order valence-electron chi connectivity index (χ3n) is 5.26. The van der Waals surface area contributed by atoms with Crippen molar-refractivity contribution in [2.24, 2.45) is 17.8 Å². The second-order valence-corrected chi connectivity index (χ2v) is 9.18. The van der Waals surface area contributed by atoms with Crippen LogP contribution in [-0.2, 0) is 10.5 Å². The van der Waals surface area contributed by atoms with Crippen molar-refractivity contribution in [2.75, 3.05) is 5.32 Å². The lowest BCUT2D eigenvalue weighted by molar-refractivity contribution is -0.117. The molecule has 4 rings (SSSR count). The van der Waals surface area contributed by atoms with Crippen LogP contribution in [0, 0.1) is 23.6 Å². The Morgan fingerprint density at radius 1 is 1.24 bits per heavy atom. The molecule has 0 unspecified atom stereocenters. The minimum Gasteiger partial charge on any atom is -0.300 e. The fraction of sp³-hybridized carbons (Fsp3) is 0.500. The summed E-state index contributed by atoms with van der Waals surface area (Å²) >= 11 is 2.93. The van der Waals surface area contributed by atoms with Gasteiger partial charge in [-0.15, -0.1) is 10.2 Å². The van der Waals surface area contributed by atoms with Crippen molar-refractivity contribution in [3.05, 3.63) is 35.6 Å². The zero-order valence-corrected chi connectivity index (χ0v) is 15.4. The molecule has 0 spiro atoms. The molecule has 3 atom stereocenters. The quantitative estimate of drug-likeness (QED) is 0.584. The molecule has 0 aliphatic heterocycles. The number of nitrogens with one attached hydrogen (secondary N) is 1. The molecule has 4 nitrogen and oxygen atoms in total. The van der Waals surface area contributed by atoms with Gasteiger partial charge in [-0.3, -0.25) is 4.79 Å². The summed E-state index contributed by atoms with van der Waals surface area (Å²) in [5, 5.41) is 11.6. The standard InChI is InChI=1S/C18H20FN3OS2/c19-15-5-2-11(3-6-15)10-24-18-22-21-17(25-18)20-16(23)9-14-8-12-1-4-13(14)7-12/h2-3,5-6,12-14H,1,4,7-10H2,(H,20,21,23)/t12-,13-,14+/m1/s1. The third kappa shape index (κ3) is 4.20. The first-order valence-electron chi connectivity index (χ1n) is 8.66. The summed E-state index contributed by atoms with van der Waals surface area (Å²) in [7, 11) is 0. The molecule has 2 aliphatic rings. The van der Waals surface area contributed by atoms with E-state index in [1.807, 2.05) is 0 Å². The lowest BCUT2D eigenvalue weighted by atomic mass is 9.86. The van der Waals surface area contributed by atoms with E-state index in [2.05, 4.69) is 15.5 Å². The SMILES string of the molecule is O=C(C[C@@H]1C[C@@H]2CC[C@@H]1C2)Nc1nnc(SCc2ccc(F)cc2)s1. The number of carbonyl (C=O) groups excluding carboxylic acids is 1. The van der Waals surface area contributed by atoms with Crippen molar-refractivity contribution >= 4 is 34.1 Å². The summed E-state index contributed by atoms with van der Waals surface area (Å²) in [6.45, 7) is 0. The van der Waals surface area contributed by atoms with Gasteiger partial charge < -0.3 is 5.32 Å². The number of carbonyl (C=O) groups is 1. The average Bonchev–Trinajstić information content (AvgIpc) is 3.31. The first kappa shape index (κ1) is 17.0. The highest BCUT2D eigenvalue weighted by molar-refractivity contribution is 8.00. The number of aromatic nitrogens is 2. The van der Waals surface area contributed by atoms with Crippen LogP contribution in [0.5, 0.6) is 0 Å². The maximum atomic E-state index is 12.9. The molecule has 7 heteroatoms. The first-order chi connectivity index (χ1) is 12.2. The van der Waals surface area contributed by atoms with Crippen molar-refractivity contribution in [3.8, 4) is 0 Å². The molecule has 1 aromatic heterocycles. The molecule has 2 aliphatic carbocycles. The lowest BCUT2D eigenvalue weighted by Crippen LogP contribution is -2.20. The highest BCUT2D eigenvalue weighted by Crippen LogP contribution is 2.49. The lowest BCUT2D eigenvalue weighted by Gasteiger charge is -2.20. The molecule has 1 heterocycles. The van der Waals surface area contributed by atoms with Crippen LogP contribution >= 0.6 is 23.1 Å². The molecule has 2 aromatic rings. The van der Waals surface area contributed by atoms with Crippen molar-refractivity contribution < 1.29 is 9.18 Å². The van der Waals surface area contributed by atoms with E-state index in [0.717, 1.165) is 21.7 Å². The topological polar surface area (TPSA) is 54.9 Å². The van der Waals surface area contributed by atoms with Crippen LogP contribution in [0.3, 0.4) is 0 Å². The summed E-state index contributed by atoms with van der Waals surface area (Å²) in [6.07, 6.45) is 5.80. The van der Waals surface area contributed by atoms with E-state index < -0.39 is 0 Å². The number of anilines is 1. The van der Waals surface area contributed by atoms with Crippen molar-refractivity contribution in [2.45, 2.75) is 42.2 Å². The highest BCUT2D eigenvalue weighted by atomic mass is 32.2. The minimum atomic E-state index is -0.231. The monoisotopic (exact) mass is 377 g/mol. The molecule has 132 valence electrons. The number of rotatable bonds is 6. The number of fused-ring (bicyclic) bond motifs is 2. The van der Waals surface area contributed by atoms with E-state index in [1.165, 1.54) is 49.2 Å². The summed E-state index contributed by atoms with van der Waals surface area (Å²) < 4.78 is 13.7. The number of benzene rings is 1. The second kappa shape index (κ2) is 7.41. The molecule has 1 amide bonds. The zero-order valence-electron chi connectivity index (χ0n) is 13.8. The van der Waals surface area contributed by atoms with Gasteiger partial charge in [-0.1, -0.05) is 41.7 Å². The summed E-state index contributed by atoms with van der Waals surface area (Å²) in [5.74, 6) is 2.70. The number of amides is 1. The number of hydrogen-bond acceptors (Lipinski definition) is 5. The smallest absolute Gasteiger partial charge is 0.226 e. The Morgan fingerprint density at radius 2 is 2.08 bits per heavy atom. The molecule has 2 saturated carbocycles. The van der Waals surface area contributed by atoms with Crippen LogP contribution < -0.4 is 5.32 Å². The van der Waals surface area contributed by atoms with Crippen molar-refractivity contribution in [1.82, 2.24) is 10.2 Å². The maximum Gasteiger partial charge on any atom is 0.226 e. The predicted molar refractivity (Wildman–Crippen MR) is 98.1 cm³/mol. The fourth-order valence-corrected chi connectivity index (χ4v) is 5.80. The normalized spacial score (nSPS) is 24.6. The number of thioether (sulfide) groups is 1. The van der Waals surface area contributed by atoms with Crippen LogP contribution in [-0.4, -0.2) is 16.1 Å². The fourth-order valence-electron chi connectivity index (χ4n) is 4.08. The van der Waals surface area contributed by atoms with E-state index in [1.54, 1.807) is 23.9 Å². The van der Waals surface area contributed by atoms with Gasteiger partial charge in [0.15, 0.2) is 4.34 Å². The zero-order chi connectivity index (χ0) is 17.2. The van der Waals surface area contributed by atoms with Gasteiger partial charge in [0.2, 0.25) is 11.0 Å². The minimum absolute atomic E-state index is 0.0591. The summed E-state index contributed by atoms with van der Waals surface area (Å²) in [6, 6.07) is 6.44. The predicted octanol–water partition coefficient (Wildman–Crippen LogP) is 4.73. The average molecular weight is 378 g/mol. The molecule has 2 bridgehead atoms. The van der Waals surface area contributed by atoms with E-state index in [-0.39, 0.29) is 11.7 Å². The van der Waals surface area contributed by atoms with Crippen LogP contribution in [0.25, 0.3) is 0 Å². The Hall–Kier alpha value is -1.47. The Balaban J connectivity index is 1.26.